The van der Waals surface area contributed by atoms with Crippen LogP contribution in [-0.4, -0.2) is 0 Å². The van der Waals surface area contributed by atoms with Crippen molar-refractivity contribution in [2.75, 3.05) is 0 Å². The number of hydrogen-bond donors (Lipinski definition) is 0. The van der Waals surface area contributed by atoms with Crippen LogP contribution in [0.2, 0.25) is 0 Å². The summed E-state index contributed by atoms with van der Waals surface area (Å²) in [5, 5.41) is 0. The van der Waals surface area contributed by atoms with Crippen molar-refractivity contribution >= 4 is 0 Å². The zero-order valence-electron chi connectivity index (χ0n) is 54.6. The van der Waals surface area contributed by atoms with E-state index in [1.54, 1.807) is 6.07 Å². The predicted molar refractivity (Wildman–Crippen MR) is 336 cm³/mol. The van der Waals surface area contributed by atoms with Gasteiger partial charge in [-0.1, -0.05) is 47.5 Å². The lowest BCUT2D eigenvalue weighted by atomic mass is 9.95. The quantitative estimate of drug-likeness (QED) is 0.153. The molecule has 0 amide bonds. The van der Waals surface area contributed by atoms with E-state index in [2.05, 4.69) is 276 Å². The fourth-order valence-electron chi connectivity index (χ4n) is 10.3. The van der Waals surface area contributed by atoms with Crippen molar-refractivity contribution in [2.24, 2.45) is 35.2 Å². The molecule has 0 fully saturated rings. The molecule has 80 heavy (non-hydrogen) atoms. The lowest BCUT2D eigenvalue weighted by Gasteiger charge is -2.10. The molecule has 0 spiro atoms. The minimum atomic E-state index is -2.05. The molecule has 5 heteroatoms. The summed E-state index contributed by atoms with van der Waals surface area (Å²) in [6.45, 7) is 27.8. The summed E-state index contributed by atoms with van der Waals surface area (Å²) in [4.78, 5) is 0. The van der Waals surface area contributed by atoms with E-state index in [4.69, 9.17) is 4.11 Å². The number of rotatable bonds is 5. The Balaban J connectivity index is 0.000000167. The van der Waals surface area contributed by atoms with E-state index >= 15 is 0 Å². The Hall–Kier alpha value is -8.15. The second kappa shape index (κ2) is 27.6. The molecule has 0 aliphatic heterocycles. The van der Waals surface area contributed by atoms with E-state index in [0.717, 1.165) is 22.4 Å². The van der Waals surface area contributed by atoms with Gasteiger partial charge < -0.3 is 0 Å². The van der Waals surface area contributed by atoms with Crippen molar-refractivity contribution < 1.29 is 26.9 Å². The smallest absolute Gasteiger partial charge is 0.201 e. The van der Waals surface area contributed by atoms with Gasteiger partial charge in [0.15, 0.2) is 31.0 Å². The fourth-order valence-corrected chi connectivity index (χ4v) is 10.3. The number of nitrogens with zero attached hydrogens (tertiary/aromatic N) is 5. The van der Waals surface area contributed by atoms with E-state index in [-0.39, 0.29) is 0 Å². The van der Waals surface area contributed by atoms with Crippen LogP contribution in [0.4, 0.5) is 0 Å². The Morgan fingerprint density at radius 1 is 0.250 bits per heavy atom. The third-order valence-electron chi connectivity index (χ3n) is 15.6. The number of aromatic nitrogens is 5. The fraction of sp³-hybridized carbons (Fsp3) is 0.267. The molecule has 10 rings (SSSR count). The van der Waals surface area contributed by atoms with Crippen molar-refractivity contribution in [3.05, 3.63) is 266 Å². The molecule has 0 radical (unpaired) electrons. The summed E-state index contributed by atoms with van der Waals surface area (Å²) in [5.74, 6) is 0. The van der Waals surface area contributed by atoms with Crippen LogP contribution in [0.5, 0.6) is 0 Å². The first kappa shape index (κ1) is 56.6. The van der Waals surface area contributed by atoms with Crippen molar-refractivity contribution in [3.8, 4) is 56.3 Å². The number of pyridine rings is 5. The van der Waals surface area contributed by atoms with Gasteiger partial charge in [0.1, 0.15) is 35.2 Å². The molecule has 0 aliphatic carbocycles. The largest absolute Gasteiger partial charge is 0.212 e. The molecule has 0 unspecified atom stereocenters. The molecular formula is C75H90N5+5. The summed E-state index contributed by atoms with van der Waals surface area (Å²) >= 11 is 0. The average Bonchev–Trinajstić information content (AvgIpc) is 3.60. The first-order chi connectivity index (χ1) is 39.2. The van der Waals surface area contributed by atoms with Crippen LogP contribution in [0.3, 0.4) is 0 Å². The van der Waals surface area contributed by atoms with Crippen LogP contribution in [0.1, 0.15) is 87.6 Å². The van der Waals surface area contributed by atoms with Gasteiger partial charge in [0.25, 0.3) is 0 Å². The van der Waals surface area contributed by atoms with Gasteiger partial charge >= 0.3 is 0 Å². The van der Waals surface area contributed by atoms with E-state index in [1.807, 2.05) is 55.9 Å². The zero-order chi connectivity index (χ0) is 61.0. The van der Waals surface area contributed by atoms with Gasteiger partial charge in [-0.25, -0.2) is 22.8 Å². The molecule has 0 saturated carbocycles. The van der Waals surface area contributed by atoms with Crippen molar-refractivity contribution in [1.82, 2.24) is 0 Å². The lowest BCUT2D eigenvalue weighted by Crippen LogP contribution is -2.30. The van der Waals surface area contributed by atoms with Gasteiger partial charge in [-0.2, -0.15) is 0 Å². The van der Waals surface area contributed by atoms with E-state index < -0.39 is 6.85 Å². The maximum atomic E-state index is 7.56. The molecule has 0 aliphatic rings. The van der Waals surface area contributed by atoms with Crippen LogP contribution >= 0.6 is 0 Å². The SMILES string of the molecule is Cc1cc(C)c(-c2cccc[n+]2C)cc1C.Cc1cc(C)c(C)c(-c2cccc[n+]2C)c1.Cc1cc(C)c(C)c(-c2cccc[n+]2C)c1.Cc1ccc(C)c(-c2cccc[n+]2C)c1C.[2H]C([2H])([2H])c1cc(C)c(-c2cccc[n+]2C)cc1C. The molecule has 0 bridgehead atoms. The van der Waals surface area contributed by atoms with Crippen LogP contribution in [0.25, 0.3) is 56.3 Å². The van der Waals surface area contributed by atoms with Crippen molar-refractivity contribution in [2.45, 2.75) is 104 Å². The molecule has 5 nitrogen and oxygen atoms in total. The normalized spacial score (nSPS) is 11.2. The molecule has 10 aromatic rings. The Morgan fingerprint density at radius 3 is 0.925 bits per heavy atom. The highest BCUT2D eigenvalue weighted by Crippen LogP contribution is 2.29. The van der Waals surface area contributed by atoms with Crippen LogP contribution in [0.15, 0.2) is 183 Å². The predicted octanol–water partition coefficient (Wildman–Crippen LogP) is 15.5. The summed E-state index contributed by atoms with van der Waals surface area (Å²) in [6.07, 6.45) is 10.3. The van der Waals surface area contributed by atoms with Gasteiger partial charge in [0.2, 0.25) is 28.5 Å². The molecular weight excluding hydrogens is 971 g/mol. The monoisotopic (exact) mass is 1060 g/mol. The molecule has 5 aromatic heterocycles. The van der Waals surface area contributed by atoms with Gasteiger partial charge in [-0.15, -0.1) is 0 Å². The standard InChI is InChI=1S/5C15H18N/c1-11-8-9-12(2)15(13(11)3)14-7-5-6-10-16(14)4;2*1-11-9-13(3)14(10-12(11)2)15-7-5-6-8-16(15)4;2*1-11-9-12(2)13(3)14(10-11)15-7-5-6-8-16(15)4/h5*5-10H,1-4H3/q5*+1/i;1D3;;;. The second-order valence-electron chi connectivity index (χ2n) is 21.9. The molecule has 0 atom stereocenters. The summed E-state index contributed by atoms with van der Waals surface area (Å²) < 4.78 is 33.4. The van der Waals surface area contributed by atoms with Crippen molar-refractivity contribution in [1.29, 1.82) is 0 Å². The van der Waals surface area contributed by atoms with Crippen molar-refractivity contribution in [3.63, 3.8) is 0 Å². The minimum Gasteiger partial charge on any atom is -0.201 e. The molecule has 0 saturated heterocycles. The summed E-state index contributed by atoms with van der Waals surface area (Å²) in [5.41, 5.74) is 31.1. The molecule has 410 valence electrons. The third-order valence-corrected chi connectivity index (χ3v) is 15.6. The second-order valence-corrected chi connectivity index (χ2v) is 21.9. The Morgan fingerprint density at radius 2 is 0.562 bits per heavy atom. The number of hydrogen-bond acceptors (Lipinski definition) is 0. The first-order valence-electron chi connectivity index (χ1n) is 29.4. The Bertz CT molecular complexity index is 3810. The Labute approximate surface area is 486 Å². The Kier molecular flexibility index (Phi) is 19.5. The first-order valence-corrected chi connectivity index (χ1v) is 27.9. The maximum absolute atomic E-state index is 7.56. The number of benzene rings is 5. The average molecular weight is 1060 g/mol. The van der Waals surface area contributed by atoms with Gasteiger partial charge in [0.05, 0.1) is 5.56 Å². The third kappa shape index (κ3) is 15.1. The summed E-state index contributed by atoms with van der Waals surface area (Å²) in [6, 6.07) is 52.9. The van der Waals surface area contributed by atoms with Crippen LogP contribution in [0, 0.1) is 104 Å². The van der Waals surface area contributed by atoms with E-state index in [0.29, 0.717) is 5.56 Å². The number of aryl methyl sites for hydroxylation is 17. The zero-order valence-corrected chi connectivity index (χ0v) is 51.6. The topological polar surface area (TPSA) is 19.4 Å². The highest BCUT2D eigenvalue weighted by Gasteiger charge is 2.18. The van der Waals surface area contributed by atoms with Crippen LogP contribution in [-0.2, 0) is 35.2 Å². The highest BCUT2D eigenvalue weighted by atomic mass is 14.9. The molecule has 0 N–H and O–H groups in total. The van der Waals surface area contributed by atoms with Gasteiger partial charge in [-0.3, -0.25) is 0 Å². The van der Waals surface area contributed by atoms with Gasteiger partial charge in [0, 0.05) is 87.0 Å². The lowest BCUT2D eigenvalue weighted by molar-refractivity contribution is -0.660. The molecule has 5 heterocycles. The minimum absolute atomic E-state index is 0.437. The summed E-state index contributed by atoms with van der Waals surface area (Å²) in [7, 11) is 10.3. The maximum Gasteiger partial charge on any atom is 0.212 e. The highest BCUT2D eigenvalue weighted by molar-refractivity contribution is 5.68. The van der Waals surface area contributed by atoms with E-state index in [9.17, 15) is 0 Å². The molecule has 5 aromatic carbocycles. The van der Waals surface area contributed by atoms with Gasteiger partial charge in [-0.05, 0) is 231 Å². The van der Waals surface area contributed by atoms with E-state index in [1.165, 1.54) is 112 Å². The van der Waals surface area contributed by atoms with Crippen LogP contribution < -0.4 is 22.8 Å².